The summed E-state index contributed by atoms with van der Waals surface area (Å²) in [5.41, 5.74) is 3.08. The van der Waals surface area contributed by atoms with Crippen LogP contribution in [0.4, 0.5) is 0 Å². The monoisotopic (exact) mass is 538 g/mol. The molecule has 39 heavy (non-hydrogen) atoms. The zero-order chi connectivity index (χ0) is 27.0. The van der Waals surface area contributed by atoms with Crippen molar-refractivity contribution >= 4 is 34.2 Å². The Morgan fingerprint density at radius 3 is 2.33 bits per heavy atom. The fraction of sp³-hybridized carbons (Fsp3) is 0.294. The Morgan fingerprint density at radius 1 is 0.846 bits per heavy atom. The topological polar surface area (TPSA) is 49.4 Å². The molecule has 0 saturated heterocycles. The van der Waals surface area contributed by atoms with Crippen molar-refractivity contribution < 1.29 is 9.59 Å². The Morgan fingerprint density at radius 2 is 1.54 bits per heavy atom. The van der Waals surface area contributed by atoms with Crippen molar-refractivity contribution in [1.82, 2.24) is 10.2 Å². The summed E-state index contributed by atoms with van der Waals surface area (Å²) in [5, 5.41) is 6.21. The van der Waals surface area contributed by atoms with Crippen LogP contribution in [0.2, 0.25) is 5.02 Å². The number of hydrogen-bond donors (Lipinski definition) is 1. The highest BCUT2D eigenvalue weighted by Gasteiger charge is 2.32. The van der Waals surface area contributed by atoms with Gasteiger partial charge >= 0.3 is 0 Å². The van der Waals surface area contributed by atoms with E-state index in [-0.39, 0.29) is 17.9 Å². The highest BCUT2D eigenvalue weighted by Crippen LogP contribution is 2.23. The molecule has 1 unspecified atom stereocenters. The Balaban J connectivity index is 1.44. The molecule has 1 aliphatic carbocycles. The molecule has 0 bridgehead atoms. The van der Waals surface area contributed by atoms with Crippen LogP contribution in [-0.2, 0) is 29.0 Å². The molecular weight excluding hydrogens is 504 g/mol. The minimum absolute atomic E-state index is 0.0367. The second-order valence-corrected chi connectivity index (χ2v) is 10.9. The second-order valence-electron chi connectivity index (χ2n) is 10.5. The molecule has 4 aromatic carbocycles. The van der Waals surface area contributed by atoms with Crippen molar-refractivity contribution in [2.24, 2.45) is 0 Å². The van der Waals surface area contributed by atoms with Crippen molar-refractivity contribution in [3.63, 3.8) is 0 Å². The van der Waals surface area contributed by atoms with Crippen molar-refractivity contribution in [1.29, 1.82) is 0 Å². The summed E-state index contributed by atoms with van der Waals surface area (Å²) in [4.78, 5) is 29.6. The number of nitrogens with one attached hydrogen (secondary N) is 1. The number of benzene rings is 4. The highest BCUT2D eigenvalue weighted by molar-refractivity contribution is 6.30. The van der Waals surface area contributed by atoms with Gasteiger partial charge in [-0.1, -0.05) is 109 Å². The van der Waals surface area contributed by atoms with Gasteiger partial charge in [0.2, 0.25) is 11.8 Å². The summed E-state index contributed by atoms with van der Waals surface area (Å²) in [7, 11) is 0. The number of carbonyl (C=O) groups is 2. The second kappa shape index (κ2) is 12.9. The van der Waals surface area contributed by atoms with Crippen molar-refractivity contribution in [2.75, 3.05) is 0 Å². The summed E-state index contributed by atoms with van der Waals surface area (Å²) in [6, 6.07) is 31.6. The van der Waals surface area contributed by atoms with E-state index in [9.17, 15) is 9.59 Å². The van der Waals surface area contributed by atoms with Gasteiger partial charge in [-0.05, 0) is 58.9 Å². The molecule has 2 amide bonds. The van der Waals surface area contributed by atoms with E-state index in [4.69, 9.17) is 11.6 Å². The third kappa shape index (κ3) is 7.07. The van der Waals surface area contributed by atoms with Gasteiger partial charge in [-0.15, -0.1) is 0 Å². The Hall–Kier alpha value is -3.63. The Bertz CT molecular complexity index is 1410. The molecule has 1 saturated carbocycles. The third-order valence-corrected chi connectivity index (χ3v) is 7.94. The molecule has 4 nitrogen and oxygen atoms in total. The van der Waals surface area contributed by atoms with Crippen LogP contribution in [0.5, 0.6) is 0 Å². The molecule has 1 fully saturated rings. The maximum Gasteiger partial charge on any atom is 0.243 e. The fourth-order valence-electron chi connectivity index (χ4n) is 5.65. The van der Waals surface area contributed by atoms with Gasteiger partial charge in [0.05, 0.1) is 0 Å². The quantitative estimate of drug-likeness (QED) is 0.233. The van der Waals surface area contributed by atoms with Crippen LogP contribution in [0.3, 0.4) is 0 Å². The van der Waals surface area contributed by atoms with Crippen molar-refractivity contribution in [3.8, 4) is 0 Å². The predicted molar refractivity (Wildman–Crippen MR) is 159 cm³/mol. The Kier molecular flexibility index (Phi) is 8.95. The molecule has 200 valence electrons. The third-order valence-electron chi connectivity index (χ3n) is 7.70. The van der Waals surface area contributed by atoms with E-state index in [2.05, 4.69) is 29.6 Å². The first-order chi connectivity index (χ1) is 19.1. The van der Waals surface area contributed by atoms with E-state index in [0.29, 0.717) is 30.8 Å². The molecule has 1 N–H and O–H groups in total. The van der Waals surface area contributed by atoms with Crippen LogP contribution in [0, 0.1) is 0 Å². The zero-order valence-electron chi connectivity index (χ0n) is 22.2. The van der Waals surface area contributed by atoms with Gasteiger partial charge in [0, 0.05) is 30.5 Å². The van der Waals surface area contributed by atoms with Crippen molar-refractivity contribution in [2.45, 2.75) is 63.6 Å². The zero-order valence-corrected chi connectivity index (χ0v) is 22.9. The van der Waals surface area contributed by atoms with Gasteiger partial charge in [0.15, 0.2) is 0 Å². The summed E-state index contributed by atoms with van der Waals surface area (Å²) >= 11 is 6.31. The fourth-order valence-corrected chi connectivity index (χ4v) is 5.86. The summed E-state index contributed by atoms with van der Waals surface area (Å²) in [6.07, 6.45) is 5.63. The van der Waals surface area contributed by atoms with Crippen LogP contribution >= 0.6 is 11.6 Å². The number of rotatable bonds is 10. The number of fused-ring (bicyclic) bond motifs is 1. The predicted octanol–water partition coefficient (Wildman–Crippen LogP) is 7.12. The standard InChI is InChI=1S/C34H35ClN2O2/c35-29-16-8-12-26(22-29)24-37(33(38)21-20-28-15-9-14-27-13-4-7-19-31(27)28)32(23-25-10-2-1-3-11-25)34(39)36-30-17-5-6-18-30/h1-4,7-16,19,22,30,32H,5-6,17-18,20-21,23-24H2,(H,36,39). The molecule has 5 heteroatoms. The number of nitrogens with zero attached hydrogens (tertiary/aromatic N) is 1. The number of hydrogen-bond acceptors (Lipinski definition) is 2. The van der Waals surface area contributed by atoms with Crippen LogP contribution in [0.1, 0.15) is 48.8 Å². The van der Waals surface area contributed by atoms with Crippen LogP contribution in [0.15, 0.2) is 97.1 Å². The average Bonchev–Trinajstić information content (AvgIpc) is 3.47. The lowest BCUT2D eigenvalue weighted by molar-refractivity contribution is -0.141. The molecule has 0 aromatic heterocycles. The van der Waals surface area contributed by atoms with E-state index < -0.39 is 6.04 Å². The molecule has 1 aliphatic rings. The number of amides is 2. The molecule has 5 rings (SSSR count). The van der Waals surface area contributed by atoms with E-state index in [1.54, 1.807) is 4.90 Å². The number of carbonyl (C=O) groups excluding carboxylic acids is 2. The molecule has 0 spiro atoms. The van der Waals surface area contributed by atoms with Gasteiger partial charge in [-0.3, -0.25) is 9.59 Å². The lowest BCUT2D eigenvalue weighted by Gasteiger charge is -2.32. The summed E-state index contributed by atoms with van der Waals surface area (Å²) in [6.45, 7) is 0.324. The average molecular weight is 539 g/mol. The molecule has 0 aliphatic heterocycles. The largest absolute Gasteiger partial charge is 0.352 e. The first-order valence-corrected chi connectivity index (χ1v) is 14.3. The first-order valence-electron chi connectivity index (χ1n) is 13.9. The smallest absolute Gasteiger partial charge is 0.243 e. The van der Waals surface area contributed by atoms with Gasteiger partial charge in [0.1, 0.15) is 6.04 Å². The maximum absolute atomic E-state index is 14.0. The van der Waals surface area contributed by atoms with Gasteiger partial charge in [-0.25, -0.2) is 0 Å². The Labute approximate surface area is 236 Å². The normalized spacial score (nSPS) is 14.3. The van der Waals surface area contributed by atoms with E-state index in [0.717, 1.165) is 53.1 Å². The summed E-state index contributed by atoms with van der Waals surface area (Å²) in [5.74, 6) is -0.114. The van der Waals surface area contributed by atoms with Crippen LogP contribution in [0.25, 0.3) is 10.8 Å². The molecule has 0 radical (unpaired) electrons. The van der Waals surface area contributed by atoms with E-state index >= 15 is 0 Å². The lowest BCUT2D eigenvalue weighted by atomic mass is 9.99. The summed E-state index contributed by atoms with van der Waals surface area (Å²) < 4.78 is 0. The van der Waals surface area contributed by atoms with Crippen molar-refractivity contribution in [3.05, 3.63) is 119 Å². The maximum atomic E-state index is 14.0. The SMILES string of the molecule is O=C(NC1CCCC1)C(Cc1ccccc1)N(Cc1cccc(Cl)c1)C(=O)CCc1cccc2ccccc12. The minimum atomic E-state index is -0.619. The molecule has 4 aromatic rings. The number of halogens is 1. The number of aryl methyl sites for hydroxylation is 1. The lowest BCUT2D eigenvalue weighted by Crippen LogP contribution is -2.52. The van der Waals surface area contributed by atoms with E-state index in [1.807, 2.05) is 72.8 Å². The molecular formula is C34H35ClN2O2. The minimum Gasteiger partial charge on any atom is -0.352 e. The van der Waals surface area contributed by atoms with Crippen LogP contribution in [-0.4, -0.2) is 28.8 Å². The molecule has 1 atom stereocenters. The van der Waals surface area contributed by atoms with Crippen LogP contribution < -0.4 is 5.32 Å². The van der Waals surface area contributed by atoms with Gasteiger partial charge in [-0.2, -0.15) is 0 Å². The van der Waals surface area contributed by atoms with Gasteiger partial charge < -0.3 is 10.2 Å². The van der Waals surface area contributed by atoms with E-state index in [1.165, 1.54) is 0 Å². The van der Waals surface area contributed by atoms with Gasteiger partial charge in [0.25, 0.3) is 0 Å². The highest BCUT2D eigenvalue weighted by atomic mass is 35.5. The molecule has 0 heterocycles. The first kappa shape index (κ1) is 27.0.